The summed E-state index contributed by atoms with van der Waals surface area (Å²) in [5.74, 6) is 1.56. The third-order valence-corrected chi connectivity index (χ3v) is 2.36. The normalized spacial score (nSPS) is 26.8. The fourth-order valence-electron chi connectivity index (χ4n) is 1.56. The van der Waals surface area contributed by atoms with Gasteiger partial charge >= 0.3 is 0 Å². The second-order valence-electron chi connectivity index (χ2n) is 3.44. The molecule has 1 atom stereocenters. The zero-order chi connectivity index (χ0) is 8.93. The first kappa shape index (κ1) is 8.63. The van der Waals surface area contributed by atoms with Crippen LogP contribution in [0, 0.1) is 12.0 Å². The van der Waals surface area contributed by atoms with Crippen LogP contribution in [0.3, 0.4) is 0 Å². The lowest BCUT2D eigenvalue weighted by molar-refractivity contribution is 0.178. The highest BCUT2D eigenvalue weighted by molar-refractivity contribution is 5.10. The van der Waals surface area contributed by atoms with E-state index in [0.29, 0.717) is 5.92 Å². The van der Waals surface area contributed by atoms with Gasteiger partial charge in [-0.15, -0.1) is 0 Å². The zero-order valence-corrected chi connectivity index (χ0v) is 7.68. The fraction of sp³-hybridized carbons (Fsp3) is 0.600. The van der Waals surface area contributed by atoms with Crippen LogP contribution in [-0.2, 0) is 4.74 Å². The molecule has 0 spiro atoms. The quantitative estimate of drug-likeness (QED) is 0.658. The Hall–Kier alpha value is -0.960. The van der Waals surface area contributed by atoms with Crippen molar-refractivity contribution in [3.05, 3.63) is 24.1 Å². The van der Waals surface area contributed by atoms with Gasteiger partial charge in [-0.25, -0.2) is 0 Å². The van der Waals surface area contributed by atoms with Crippen molar-refractivity contribution < 1.29 is 4.74 Å². The number of nitrogens with one attached hydrogen (secondary N) is 2. The molecule has 2 aliphatic rings. The molecule has 0 aliphatic carbocycles. The van der Waals surface area contributed by atoms with Crippen molar-refractivity contribution in [1.29, 1.82) is 0 Å². The molecule has 2 heterocycles. The minimum absolute atomic E-state index is 0.678. The zero-order valence-electron chi connectivity index (χ0n) is 7.68. The van der Waals surface area contributed by atoms with E-state index in [-0.39, 0.29) is 0 Å². The van der Waals surface area contributed by atoms with Crippen LogP contribution in [-0.4, -0.2) is 26.2 Å². The number of dihydropyridines is 1. The van der Waals surface area contributed by atoms with Gasteiger partial charge in [0.25, 0.3) is 0 Å². The van der Waals surface area contributed by atoms with E-state index in [2.05, 4.69) is 16.7 Å². The molecule has 71 valence electrons. The Morgan fingerprint density at radius 1 is 1.62 bits per heavy atom. The maximum atomic E-state index is 5.61. The third kappa shape index (κ3) is 2.49. The first-order valence-corrected chi connectivity index (χ1v) is 4.80. The molecule has 0 amide bonds. The molecule has 0 saturated carbocycles. The number of rotatable bonds is 3. The molecule has 3 heteroatoms. The van der Waals surface area contributed by atoms with Crippen molar-refractivity contribution in [3.63, 3.8) is 0 Å². The van der Waals surface area contributed by atoms with Gasteiger partial charge in [0, 0.05) is 31.3 Å². The average molecular weight is 179 g/mol. The molecule has 0 aromatic rings. The van der Waals surface area contributed by atoms with Gasteiger partial charge in [0.1, 0.15) is 5.76 Å². The third-order valence-electron chi connectivity index (χ3n) is 2.36. The van der Waals surface area contributed by atoms with Crippen LogP contribution in [0.2, 0.25) is 0 Å². The van der Waals surface area contributed by atoms with Crippen LogP contribution in [0.5, 0.6) is 0 Å². The Labute approximate surface area is 78.8 Å². The van der Waals surface area contributed by atoms with E-state index in [9.17, 15) is 0 Å². The smallest absolute Gasteiger partial charge is 0.126 e. The van der Waals surface area contributed by atoms with Gasteiger partial charge in [-0.2, -0.15) is 0 Å². The monoisotopic (exact) mass is 179 g/mol. The van der Waals surface area contributed by atoms with Gasteiger partial charge in [-0.3, -0.25) is 0 Å². The summed E-state index contributed by atoms with van der Waals surface area (Å²) in [6, 6.07) is 0. The summed E-state index contributed by atoms with van der Waals surface area (Å²) in [6.45, 7) is 3.90. The Balaban J connectivity index is 1.72. The van der Waals surface area contributed by atoms with E-state index >= 15 is 0 Å². The summed E-state index contributed by atoms with van der Waals surface area (Å²) < 4.78 is 5.61. The van der Waals surface area contributed by atoms with Crippen molar-refractivity contribution in [2.75, 3.05) is 26.2 Å². The van der Waals surface area contributed by atoms with Gasteiger partial charge in [0.2, 0.25) is 0 Å². The number of hydrogen-bond acceptors (Lipinski definition) is 3. The molecule has 1 saturated heterocycles. The van der Waals surface area contributed by atoms with Gasteiger partial charge in [-0.05, 0) is 19.0 Å². The van der Waals surface area contributed by atoms with E-state index in [1.165, 1.54) is 6.42 Å². The number of ether oxygens (including phenoxy) is 1. The minimum atomic E-state index is 0.678. The molecular formula is C10H15N2O. The highest BCUT2D eigenvalue weighted by Gasteiger charge is 2.15. The molecule has 1 radical (unpaired) electrons. The molecule has 3 nitrogen and oxygen atoms in total. The Morgan fingerprint density at radius 3 is 3.31 bits per heavy atom. The average Bonchev–Trinajstić information content (AvgIpc) is 2.69. The van der Waals surface area contributed by atoms with Crippen molar-refractivity contribution in [2.24, 2.45) is 5.92 Å². The maximum Gasteiger partial charge on any atom is 0.126 e. The van der Waals surface area contributed by atoms with E-state index in [1.807, 2.05) is 12.3 Å². The summed E-state index contributed by atoms with van der Waals surface area (Å²) >= 11 is 0. The van der Waals surface area contributed by atoms with Crippen LogP contribution < -0.4 is 10.6 Å². The number of allylic oxidation sites excluding steroid dienone is 1. The first-order valence-electron chi connectivity index (χ1n) is 4.80. The van der Waals surface area contributed by atoms with Gasteiger partial charge in [0.05, 0.1) is 6.61 Å². The standard InChI is InChI=1S/C10H15N2O/c1-4-12-7-9(1)8-13-10-2-5-11-6-3-10/h2,6,9,11-12H,1,4-5,7-8H2. The topological polar surface area (TPSA) is 33.3 Å². The predicted octanol–water partition coefficient (Wildman–Crippen LogP) is 0.416. The predicted molar refractivity (Wildman–Crippen MR) is 50.8 cm³/mol. The highest BCUT2D eigenvalue weighted by atomic mass is 16.5. The summed E-state index contributed by atoms with van der Waals surface area (Å²) in [5.41, 5.74) is 0. The van der Waals surface area contributed by atoms with Crippen molar-refractivity contribution in [2.45, 2.75) is 6.42 Å². The lowest BCUT2D eigenvalue weighted by atomic mass is 10.1. The van der Waals surface area contributed by atoms with Gasteiger partial charge in [-0.1, -0.05) is 0 Å². The Bertz CT molecular complexity index is 217. The highest BCUT2D eigenvalue weighted by Crippen LogP contribution is 2.11. The molecule has 0 bridgehead atoms. The molecule has 2 rings (SSSR count). The molecule has 0 aromatic heterocycles. The molecule has 1 fully saturated rings. The lowest BCUT2D eigenvalue weighted by Crippen LogP contribution is -2.15. The maximum absolute atomic E-state index is 5.61. The SMILES string of the molecule is [C]1=CNCC=C1OCC1CCNC1. The molecule has 0 aromatic carbocycles. The first-order chi connectivity index (χ1) is 6.45. The molecule has 2 aliphatic heterocycles. The Morgan fingerprint density at radius 2 is 2.62 bits per heavy atom. The van der Waals surface area contributed by atoms with E-state index < -0.39 is 0 Å². The molecule has 13 heavy (non-hydrogen) atoms. The second-order valence-corrected chi connectivity index (χ2v) is 3.44. The summed E-state index contributed by atoms with van der Waals surface area (Å²) in [5, 5.41) is 6.36. The summed E-state index contributed by atoms with van der Waals surface area (Å²) in [4.78, 5) is 0. The van der Waals surface area contributed by atoms with Crippen LogP contribution in [0.4, 0.5) is 0 Å². The fourth-order valence-corrected chi connectivity index (χ4v) is 1.56. The van der Waals surface area contributed by atoms with Crippen LogP contribution in [0.25, 0.3) is 0 Å². The summed E-state index contributed by atoms with van der Waals surface area (Å²) in [6.07, 6.45) is 8.08. The molecule has 2 N–H and O–H groups in total. The number of hydrogen-bond donors (Lipinski definition) is 2. The van der Waals surface area contributed by atoms with Gasteiger partial charge in [0.15, 0.2) is 0 Å². The summed E-state index contributed by atoms with van der Waals surface area (Å²) in [7, 11) is 0. The van der Waals surface area contributed by atoms with Crippen LogP contribution in [0.1, 0.15) is 6.42 Å². The van der Waals surface area contributed by atoms with Crippen molar-refractivity contribution in [1.82, 2.24) is 10.6 Å². The van der Waals surface area contributed by atoms with E-state index in [0.717, 1.165) is 32.0 Å². The van der Waals surface area contributed by atoms with E-state index in [1.54, 1.807) is 0 Å². The van der Waals surface area contributed by atoms with Crippen LogP contribution >= 0.6 is 0 Å². The largest absolute Gasteiger partial charge is 0.493 e. The van der Waals surface area contributed by atoms with Crippen LogP contribution in [0.15, 0.2) is 18.0 Å². The second kappa shape index (κ2) is 4.33. The molecule has 1 unspecified atom stereocenters. The van der Waals surface area contributed by atoms with Gasteiger partial charge < -0.3 is 15.4 Å². The minimum Gasteiger partial charge on any atom is -0.493 e. The molecular weight excluding hydrogens is 164 g/mol. The van der Waals surface area contributed by atoms with E-state index in [4.69, 9.17) is 4.74 Å². The Kier molecular flexibility index (Phi) is 2.87. The lowest BCUT2D eigenvalue weighted by Gasteiger charge is -2.13. The van der Waals surface area contributed by atoms with Crippen molar-refractivity contribution in [3.8, 4) is 0 Å². The van der Waals surface area contributed by atoms with Crippen molar-refractivity contribution >= 4 is 0 Å².